The molecule has 1 aliphatic rings. The minimum absolute atomic E-state index is 0.00765. The van der Waals surface area contributed by atoms with Gasteiger partial charge in [0.25, 0.3) is 5.91 Å². The number of rotatable bonds is 2. The largest absolute Gasteiger partial charge is 0.358 e. The van der Waals surface area contributed by atoms with Crippen LogP contribution < -0.4 is 10.6 Å². The molecule has 1 saturated heterocycles. The summed E-state index contributed by atoms with van der Waals surface area (Å²) in [5.74, 6) is -0.0279. The molecule has 104 valence electrons. The van der Waals surface area contributed by atoms with Crippen molar-refractivity contribution in [3.63, 3.8) is 0 Å². The number of amides is 2. The summed E-state index contributed by atoms with van der Waals surface area (Å²) in [4.78, 5) is 26.8. The van der Waals surface area contributed by atoms with Crippen molar-refractivity contribution in [1.29, 1.82) is 0 Å². The summed E-state index contributed by atoms with van der Waals surface area (Å²) in [6.07, 6.45) is 1.16. The zero-order valence-electron chi connectivity index (χ0n) is 11.3. The van der Waals surface area contributed by atoms with Gasteiger partial charge in [-0.3, -0.25) is 9.59 Å². The predicted molar refractivity (Wildman–Crippen MR) is 76.5 cm³/mol. The second-order valence-electron chi connectivity index (χ2n) is 5.18. The molecule has 1 unspecified atom stereocenters. The molecule has 20 heavy (non-hydrogen) atoms. The molecule has 3 N–H and O–H groups in total. The normalized spacial score (nSPS) is 18.9. The van der Waals surface area contributed by atoms with Crippen molar-refractivity contribution in [3.05, 3.63) is 35.5 Å². The molecule has 2 aromatic rings. The van der Waals surface area contributed by atoms with Crippen LogP contribution in [0.2, 0.25) is 0 Å². The monoisotopic (exact) mass is 271 g/mol. The third kappa shape index (κ3) is 2.27. The first kappa shape index (κ1) is 12.7. The first-order chi connectivity index (χ1) is 9.65. The van der Waals surface area contributed by atoms with Gasteiger partial charge in [-0.15, -0.1) is 0 Å². The highest BCUT2D eigenvalue weighted by atomic mass is 16.2. The van der Waals surface area contributed by atoms with Crippen LogP contribution in [-0.4, -0.2) is 29.4 Å². The maximum Gasteiger partial charge on any atom is 0.254 e. The van der Waals surface area contributed by atoms with Crippen LogP contribution in [0.4, 0.5) is 0 Å². The van der Waals surface area contributed by atoms with Crippen molar-refractivity contribution in [3.8, 4) is 0 Å². The van der Waals surface area contributed by atoms with E-state index in [-0.39, 0.29) is 17.9 Å². The Bertz CT molecular complexity index is 665. The van der Waals surface area contributed by atoms with E-state index in [1.807, 2.05) is 31.2 Å². The Labute approximate surface area is 116 Å². The second kappa shape index (κ2) is 5.00. The average Bonchev–Trinajstić information content (AvgIpc) is 2.77. The molecule has 1 fully saturated rings. The van der Waals surface area contributed by atoms with Crippen molar-refractivity contribution in [2.24, 2.45) is 0 Å². The van der Waals surface area contributed by atoms with Gasteiger partial charge in [-0.05, 0) is 19.4 Å². The maximum atomic E-state index is 12.4. The number of H-pyrrole nitrogens is 1. The lowest BCUT2D eigenvalue weighted by molar-refractivity contribution is -0.122. The first-order valence-electron chi connectivity index (χ1n) is 6.80. The van der Waals surface area contributed by atoms with Crippen LogP contribution in [0.3, 0.4) is 0 Å². The molecule has 1 aromatic carbocycles. The average molecular weight is 271 g/mol. The first-order valence-corrected chi connectivity index (χ1v) is 6.80. The number of aryl methyl sites for hydroxylation is 1. The molecule has 5 heteroatoms. The molecule has 5 nitrogen and oxygen atoms in total. The quantitative estimate of drug-likeness (QED) is 0.774. The van der Waals surface area contributed by atoms with Crippen molar-refractivity contribution >= 4 is 22.7 Å². The van der Waals surface area contributed by atoms with Crippen LogP contribution in [-0.2, 0) is 4.79 Å². The number of fused-ring (bicyclic) bond motifs is 1. The van der Waals surface area contributed by atoms with E-state index >= 15 is 0 Å². The number of benzene rings is 1. The Balaban J connectivity index is 1.82. The molecule has 1 aliphatic heterocycles. The Morgan fingerprint density at radius 1 is 1.35 bits per heavy atom. The van der Waals surface area contributed by atoms with E-state index in [0.29, 0.717) is 24.9 Å². The summed E-state index contributed by atoms with van der Waals surface area (Å²) in [6.45, 7) is 2.41. The fraction of sp³-hybridized carbons (Fsp3) is 0.333. The number of piperidine rings is 1. The molecule has 0 saturated carbocycles. The van der Waals surface area contributed by atoms with Gasteiger partial charge in [-0.2, -0.15) is 0 Å². The standard InChI is InChI=1S/C15H17N3O2/c1-9-14(11-4-2-3-5-12(11)17-9)15(20)18-10-6-7-13(19)16-8-10/h2-5,10,17H,6-8H2,1H3,(H,16,19)(H,18,20). The summed E-state index contributed by atoms with van der Waals surface area (Å²) in [5.41, 5.74) is 2.52. The Kier molecular flexibility index (Phi) is 3.18. The summed E-state index contributed by atoms with van der Waals surface area (Å²) < 4.78 is 0. The third-order valence-corrected chi connectivity index (χ3v) is 3.72. The zero-order chi connectivity index (χ0) is 14.1. The number of aromatic nitrogens is 1. The molecule has 2 amide bonds. The Morgan fingerprint density at radius 3 is 2.90 bits per heavy atom. The van der Waals surface area contributed by atoms with Gasteiger partial charge in [0.1, 0.15) is 0 Å². The number of carbonyl (C=O) groups is 2. The van der Waals surface area contributed by atoms with Crippen molar-refractivity contribution < 1.29 is 9.59 Å². The number of para-hydroxylation sites is 1. The topological polar surface area (TPSA) is 74.0 Å². The van der Waals surface area contributed by atoms with E-state index in [0.717, 1.165) is 16.6 Å². The van der Waals surface area contributed by atoms with E-state index in [1.165, 1.54) is 0 Å². The number of carbonyl (C=O) groups excluding carboxylic acids is 2. The van der Waals surface area contributed by atoms with Crippen LogP contribution in [0.15, 0.2) is 24.3 Å². The van der Waals surface area contributed by atoms with Crippen molar-refractivity contribution in [1.82, 2.24) is 15.6 Å². The number of aromatic amines is 1. The van der Waals surface area contributed by atoms with Crippen molar-refractivity contribution in [2.45, 2.75) is 25.8 Å². The summed E-state index contributed by atoms with van der Waals surface area (Å²) >= 11 is 0. The lowest BCUT2D eigenvalue weighted by atomic mass is 10.1. The highest BCUT2D eigenvalue weighted by molar-refractivity contribution is 6.08. The van der Waals surface area contributed by atoms with Crippen LogP contribution in [0.25, 0.3) is 10.9 Å². The van der Waals surface area contributed by atoms with E-state index in [2.05, 4.69) is 15.6 Å². The lowest BCUT2D eigenvalue weighted by Gasteiger charge is -2.23. The molecule has 2 heterocycles. The summed E-state index contributed by atoms with van der Waals surface area (Å²) in [5, 5.41) is 6.71. The van der Waals surface area contributed by atoms with Gasteiger partial charge in [0, 0.05) is 35.6 Å². The number of hydrogen-bond donors (Lipinski definition) is 3. The highest BCUT2D eigenvalue weighted by Crippen LogP contribution is 2.22. The smallest absolute Gasteiger partial charge is 0.254 e. The van der Waals surface area contributed by atoms with Crippen LogP contribution in [0.1, 0.15) is 28.9 Å². The van der Waals surface area contributed by atoms with E-state index in [4.69, 9.17) is 0 Å². The predicted octanol–water partition coefficient (Wildman–Crippen LogP) is 1.48. The van der Waals surface area contributed by atoms with E-state index in [1.54, 1.807) is 0 Å². The van der Waals surface area contributed by atoms with Crippen LogP contribution >= 0.6 is 0 Å². The van der Waals surface area contributed by atoms with E-state index in [9.17, 15) is 9.59 Å². The number of nitrogens with one attached hydrogen (secondary N) is 3. The summed E-state index contributed by atoms with van der Waals surface area (Å²) in [7, 11) is 0. The molecular weight excluding hydrogens is 254 g/mol. The molecule has 1 atom stereocenters. The summed E-state index contributed by atoms with van der Waals surface area (Å²) in [6, 6.07) is 7.77. The second-order valence-corrected chi connectivity index (χ2v) is 5.18. The number of hydrogen-bond acceptors (Lipinski definition) is 2. The minimum atomic E-state index is -0.0823. The fourth-order valence-corrected chi connectivity index (χ4v) is 2.68. The molecule has 0 aliphatic carbocycles. The lowest BCUT2D eigenvalue weighted by Crippen LogP contribution is -2.47. The van der Waals surface area contributed by atoms with Gasteiger partial charge in [-0.25, -0.2) is 0 Å². The van der Waals surface area contributed by atoms with Gasteiger partial charge >= 0.3 is 0 Å². The minimum Gasteiger partial charge on any atom is -0.358 e. The highest BCUT2D eigenvalue weighted by Gasteiger charge is 2.22. The van der Waals surface area contributed by atoms with E-state index < -0.39 is 0 Å². The van der Waals surface area contributed by atoms with Gasteiger partial charge in [-0.1, -0.05) is 18.2 Å². The van der Waals surface area contributed by atoms with Gasteiger partial charge in [0.2, 0.25) is 5.91 Å². The maximum absolute atomic E-state index is 12.4. The van der Waals surface area contributed by atoms with Gasteiger partial charge in [0.05, 0.1) is 5.56 Å². The molecule has 3 rings (SSSR count). The van der Waals surface area contributed by atoms with Crippen molar-refractivity contribution in [2.75, 3.05) is 6.54 Å². The zero-order valence-corrected chi connectivity index (χ0v) is 11.3. The molecule has 0 bridgehead atoms. The Morgan fingerprint density at radius 2 is 2.15 bits per heavy atom. The van der Waals surface area contributed by atoms with Gasteiger partial charge < -0.3 is 15.6 Å². The van der Waals surface area contributed by atoms with Gasteiger partial charge in [0.15, 0.2) is 0 Å². The SMILES string of the molecule is Cc1[nH]c2ccccc2c1C(=O)NC1CCC(=O)NC1. The third-order valence-electron chi connectivity index (χ3n) is 3.72. The van der Waals surface area contributed by atoms with Crippen LogP contribution in [0, 0.1) is 6.92 Å². The Hall–Kier alpha value is -2.30. The van der Waals surface area contributed by atoms with Crippen LogP contribution in [0.5, 0.6) is 0 Å². The molecular formula is C15H17N3O2. The molecule has 0 radical (unpaired) electrons. The molecule has 0 spiro atoms. The fourth-order valence-electron chi connectivity index (χ4n) is 2.68. The molecule has 1 aromatic heterocycles.